The number of aromatic hydroxyl groups is 1. The van der Waals surface area contributed by atoms with Crippen LogP contribution in [0, 0.1) is 35.8 Å². The van der Waals surface area contributed by atoms with Crippen molar-refractivity contribution < 1.29 is 13.9 Å². The van der Waals surface area contributed by atoms with Crippen molar-refractivity contribution in [3.63, 3.8) is 0 Å². The Balaban J connectivity index is 1.58. The largest absolute Gasteiger partial charge is 0.508 e. The van der Waals surface area contributed by atoms with Crippen LogP contribution in [0.3, 0.4) is 0 Å². The first-order valence-electron chi connectivity index (χ1n) is 13.3. The Morgan fingerprint density at radius 2 is 1.89 bits per heavy atom. The molecule has 3 heterocycles. The van der Waals surface area contributed by atoms with Gasteiger partial charge < -0.3 is 15.3 Å². The summed E-state index contributed by atoms with van der Waals surface area (Å²) in [7, 11) is 1.95. The first kappa shape index (κ1) is 23.4. The molecule has 6 nitrogen and oxygen atoms in total. The molecule has 0 radical (unpaired) electrons. The van der Waals surface area contributed by atoms with Crippen molar-refractivity contribution in [2.75, 3.05) is 25.0 Å². The van der Waals surface area contributed by atoms with Crippen molar-refractivity contribution in [2.24, 2.45) is 11.8 Å². The quantitative estimate of drug-likeness (QED) is 0.353. The number of nitrogens with one attached hydrogen (secondary N) is 1. The maximum atomic E-state index is 16.8. The Morgan fingerprint density at radius 3 is 2.55 bits per heavy atom. The summed E-state index contributed by atoms with van der Waals surface area (Å²) in [5.41, 5.74) is 1.69. The highest BCUT2D eigenvalue weighted by molar-refractivity contribution is 6.04. The highest BCUT2D eigenvalue weighted by Crippen LogP contribution is 2.58. The van der Waals surface area contributed by atoms with Crippen LogP contribution in [0.25, 0.3) is 32.9 Å². The third-order valence-electron chi connectivity index (χ3n) is 8.65. The summed E-state index contributed by atoms with van der Waals surface area (Å²) in [6.45, 7) is 6.03. The molecule has 7 rings (SSSR count). The average Bonchev–Trinajstić information content (AvgIpc) is 3.77. The van der Waals surface area contributed by atoms with Gasteiger partial charge >= 0.3 is 0 Å². The van der Waals surface area contributed by atoms with Gasteiger partial charge in [-0.25, -0.2) is 13.8 Å². The number of benzene rings is 2. The Bertz CT molecular complexity index is 1670. The minimum absolute atomic E-state index is 0.0206. The van der Waals surface area contributed by atoms with Crippen molar-refractivity contribution in [1.29, 1.82) is 0 Å². The smallest absolute Gasteiger partial charge is 0.175 e. The van der Waals surface area contributed by atoms with E-state index in [0.29, 0.717) is 33.9 Å². The number of phenolic OH excluding ortho intramolecular Hbond substituents is 1. The van der Waals surface area contributed by atoms with E-state index in [4.69, 9.17) is 16.5 Å². The summed E-state index contributed by atoms with van der Waals surface area (Å²) in [4.78, 5) is 6.97. The number of hydrogen-bond donors (Lipinski definition) is 2. The van der Waals surface area contributed by atoms with Crippen LogP contribution in [-0.4, -0.2) is 46.1 Å². The number of fused-ring (bicyclic) bond motifs is 3. The van der Waals surface area contributed by atoms with E-state index in [-0.39, 0.29) is 40.6 Å². The lowest BCUT2D eigenvalue weighted by atomic mass is 9.95. The Kier molecular flexibility index (Phi) is 5.02. The topological polar surface area (TPSA) is 66.2 Å². The molecule has 0 amide bonds. The van der Waals surface area contributed by atoms with E-state index >= 15 is 4.39 Å². The van der Waals surface area contributed by atoms with Gasteiger partial charge in [-0.3, -0.25) is 4.68 Å². The van der Waals surface area contributed by atoms with Crippen molar-refractivity contribution in [2.45, 2.75) is 44.7 Å². The van der Waals surface area contributed by atoms with E-state index in [1.54, 1.807) is 6.07 Å². The number of hydrogen-bond acceptors (Lipinski definition) is 5. The van der Waals surface area contributed by atoms with Crippen LogP contribution < -0.4 is 10.2 Å². The van der Waals surface area contributed by atoms with Crippen LogP contribution in [-0.2, 0) is 0 Å². The molecule has 38 heavy (non-hydrogen) atoms. The average molecular weight is 514 g/mol. The summed E-state index contributed by atoms with van der Waals surface area (Å²) in [5.74, 6) is 3.21. The zero-order valence-electron chi connectivity index (χ0n) is 21.6. The maximum Gasteiger partial charge on any atom is 0.175 e. The lowest BCUT2D eigenvalue weighted by molar-refractivity contribution is 0.476. The zero-order valence-corrected chi connectivity index (χ0v) is 21.6. The molecule has 194 valence electrons. The Labute approximate surface area is 219 Å². The second-order valence-electron chi connectivity index (χ2n) is 11.3. The predicted molar refractivity (Wildman–Crippen MR) is 144 cm³/mol. The fraction of sp³-hybridized carbons (Fsp3) is 0.400. The molecule has 1 aliphatic heterocycles. The van der Waals surface area contributed by atoms with Gasteiger partial charge in [0.15, 0.2) is 5.82 Å². The first-order valence-corrected chi connectivity index (χ1v) is 13.3. The number of anilines is 1. The third-order valence-corrected chi connectivity index (χ3v) is 8.65. The molecule has 1 unspecified atom stereocenters. The van der Waals surface area contributed by atoms with Gasteiger partial charge in [-0.05, 0) is 75.2 Å². The SMILES string of the molecule is C#Cc1c(F)ccc2cc(O)cc(-c3nc(N(C)C(C)C)c4c(C5[C@H]6CNC[C@@H]56)nn(C5CC5)c4c3F)c12. The molecule has 3 atom stereocenters. The second kappa shape index (κ2) is 8.15. The van der Waals surface area contributed by atoms with Gasteiger partial charge in [0.05, 0.1) is 22.7 Å². The molecular formula is C30H29F2N5O. The maximum absolute atomic E-state index is 16.8. The van der Waals surface area contributed by atoms with Crippen molar-refractivity contribution in [1.82, 2.24) is 20.1 Å². The van der Waals surface area contributed by atoms with E-state index in [1.165, 1.54) is 18.2 Å². The molecule has 3 fully saturated rings. The van der Waals surface area contributed by atoms with E-state index < -0.39 is 11.6 Å². The van der Waals surface area contributed by atoms with Gasteiger partial charge in [-0.2, -0.15) is 5.10 Å². The van der Waals surface area contributed by atoms with Gasteiger partial charge in [0.2, 0.25) is 0 Å². The summed E-state index contributed by atoms with van der Waals surface area (Å²) in [6, 6.07) is 5.96. The highest BCUT2D eigenvalue weighted by atomic mass is 19.1. The van der Waals surface area contributed by atoms with Gasteiger partial charge in [0, 0.05) is 30.0 Å². The number of phenols is 1. The molecule has 8 heteroatoms. The molecular weight excluding hydrogens is 484 g/mol. The van der Waals surface area contributed by atoms with Gasteiger partial charge in [0.25, 0.3) is 0 Å². The predicted octanol–water partition coefficient (Wildman–Crippen LogP) is 5.33. The summed E-state index contributed by atoms with van der Waals surface area (Å²) < 4.78 is 33.5. The standard InChI is InChI=1S/C30H29F2N5O/c1-5-18-22(31)9-6-15-10-17(38)11-19(23(15)18)27-26(32)29-25(30(34-27)36(4)14(2)3)28(35-37(29)16-7-8-16)24-20-12-33-13-21(20)24/h1,6,9-11,14,16,20-21,24,33,38H,7-8,12-13H2,2-4H3/t20-,21+,24?. The molecule has 2 aromatic heterocycles. The van der Waals surface area contributed by atoms with Crippen molar-refractivity contribution in [3.8, 4) is 29.4 Å². The Hall–Kier alpha value is -3.70. The van der Waals surface area contributed by atoms with Crippen LogP contribution in [0.5, 0.6) is 5.75 Å². The number of rotatable bonds is 5. The number of terminal acetylenes is 1. The molecule has 0 spiro atoms. The van der Waals surface area contributed by atoms with E-state index in [9.17, 15) is 9.50 Å². The minimum atomic E-state index is -0.577. The molecule has 2 aromatic carbocycles. The van der Waals surface area contributed by atoms with Gasteiger partial charge in [-0.15, -0.1) is 6.42 Å². The molecule has 1 saturated heterocycles. The van der Waals surface area contributed by atoms with Crippen LogP contribution in [0.15, 0.2) is 24.3 Å². The van der Waals surface area contributed by atoms with E-state index in [1.807, 2.05) is 16.6 Å². The monoisotopic (exact) mass is 513 g/mol. The minimum Gasteiger partial charge on any atom is -0.508 e. The van der Waals surface area contributed by atoms with E-state index in [0.717, 1.165) is 37.0 Å². The zero-order chi connectivity index (χ0) is 26.5. The number of pyridine rings is 1. The molecule has 2 N–H and O–H groups in total. The number of halogens is 2. The highest BCUT2D eigenvalue weighted by Gasteiger charge is 2.56. The lowest BCUT2D eigenvalue weighted by Gasteiger charge is -2.25. The first-order chi connectivity index (χ1) is 18.3. The normalized spacial score (nSPS) is 22.3. The fourth-order valence-electron chi connectivity index (χ4n) is 6.28. The van der Waals surface area contributed by atoms with Crippen LogP contribution in [0.2, 0.25) is 0 Å². The van der Waals surface area contributed by atoms with Crippen LogP contribution in [0.1, 0.15) is 49.9 Å². The molecule has 0 bridgehead atoms. The Morgan fingerprint density at radius 1 is 1.16 bits per heavy atom. The van der Waals surface area contributed by atoms with Crippen molar-refractivity contribution in [3.05, 3.63) is 47.2 Å². The number of aromatic nitrogens is 3. The number of piperidine rings is 1. The van der Waals surface area contributed by atoms with Crippen LogP contribution in [0.4, 0.5) is 14.6 Å². The summed E-state index contributed by atoms with van der Waals surface area (Å²) >= 11 is 0. The van der Waals surface area contributed by atoms with Crippen molar-refractivity contribution >= 4 is 27.5 Å². The van der Waals surface area contributed by atoms with Crippen LogP contribution >= 0.6 is 0 Å². The van der Waals surface area contributed by atoms with Gasteiger partial charge in [-0.1, -0.05) is 12.0 Å². The number of nitrogens with zero attached hydrogens (tertiary/aromatic N) is 4. The molecule has 2 aliphatic carbocycles. The van der Waals surface area contributed by atoms with Gasteiger partial charge in [0.1, 0.15) is 28.6 Å². The molecule has 4 aromatic rings. The molecule has 3 aliphatic rings. The molecule has 2 saturated carbocycles. The fourth-order valence-corrected chi connectivity index (χ4v) is 6.28. The summed E-state index contributed by atoms with van der Waals surface area (Å²) in [5, 5.41) is 20.7. The lowest BCUT2D eigenvalue weighted by Crippen LogP contribution is -2.27. The summed E-state index contributed by atoms with van der Waals surface area (Å²) in [6.07, 6.45) is 7.61. The third kappa shape index (κ3) is 3.27. The van der Waals surface area contributed by atoms with E-state index in [2.05, 4.69) is 25.1 Å². The second-order valence-corrected chi connectivity index (χ2v) is 11.3.